The number of anilines is 1. The molecule has 0 unspecified atom stereocenters. The van der Waals surface area contributed by atoms with Crippen LogP contribution in [0.4, 0.5) is 5.69 Å². The minimum atomic E-state index is -0.604. The van der Waals surface area contributed by atoms with E-state index in [1.807, 2.05) is 37.3 Å². The van der Waals surface area contributed by atoms with Gasteiger partial charge in [0, 0.05) is 21.8 Å². The molecule has 0 spiro atoms. The fourth-order valence-electron chi connectivity index (χ4n) is 2.07. The van der Waals surface area contributed by atoms with Crippen molar-refractivity contribution in [3.8, 4) is 5.75 Å². The van der Waals surface area contributed by atoms with Gasteiger partial charge >= 0.3 is 5.97 Å². The van der Waals surface area contributed by atoms with Crippen LogP contribution in [-0.2, 0) is 14.3 Å². The Morgan fingerprint density at radius 3 is 2.68 bits per heavy atom. The Balaban J connectivity index is 1.85. The molecule has 0 aromatic heterocycles. The first kappa shape index (κ1) is 18.7. The summed E-state index contributed by atoms with van der Waals surface area (Å²) in [5.41, 5.74) is 2.39. The molecule has 0 aliphatic rings. The van der Waals surface area contributed by atoms with Gasteiger partial charge in [0.05, 0.1) is 7.11 Å². The molecule has 0 saturated heterocycles. The average Bonchev–Trinajstić information content (AvgIpc) is 2.61. The van der Waals surface area contributed by atoms with Crippen LogP contribution in [0, 0.1) is 6.92 Å². The third-order valence-electron chi connectivity index (χ3n) is 3.33. The standard InChI is InChI=1S/C19H18BrNO4/c1-13-11-15(8-9-16(13)20)21-18(22)12-25-19(23)10-7-14-5-3-4-6-17(14)24-2/h3-11H,12H2,1-2H3,(H,21,22). The largest absolute Gasteiger partial charge is 0.496 e. The molecular formula is C19H18BrNO4. The molecule has 6 heteroatoms. The number of carbonyl (C=O) groups excluding carboxylic acids is 2. The zero-order valence-corrected chi connectivity index (χ0v) is 15.5. The van der Waals surface area contributed by atoms with Gasteiger partial charge in [-0.05, 0) is 42.8 Å². The molecule has 130 valence electrons. The number of aryl methyl sites for hydroxylation is 1. The number of rotatable bonds is 6. The van der Waals surface area contributed by atoms with Crippen LogP contribution in [-0.4, -0.2) is 25.6 Å². The van der Waals surface area contributed by atoms with Gasteiger partial charge in [-0.15, -0.1) is 0 Å². The predicted molar refractivity (Wildman–Crippen MR) is 100 cm³/mol. The summed E-state index contributed by atoms with van der Waals surface area (Å²) in [5.74, 6) is -0.358. The number of benzene rings is 2. The summed E-state index contributed by atoms with van der Waals surface area (Å²) in [4.78, 5) is 23.6. The van der Waals surface area contributed by atoms with Crippen molar-refractivity contribution in [3.63, 3.8) is 0 Å². The first-order chi connectivity index (χ1) is 12.0. The fourth-order valence-corrected chi connectivity index (χ4v) is 2.31. The Labute approximate surface area is 154 Å². The van der Waals surface area contributed by atoms with E-state index in [4.69, 9.17) is 9.47 Å². The highest BCUT2D eigenvalue weighted by Gasteiger charge is 2.07. The number of amides is 1. The molecule has 0 fully saturated rings. The lowest BCUT2D eigenvalue weighted by Crippen LogP contribution is -2.20. The van der Waals surface area contributed by atoms with Gasteiger partial charge in [-0.1, -0.05) is 34.1 Å². The maximum Gasteiger partial charge on any atom is 0.331 e. The van der Waals surface area contributed by atoms with Crippen molar-refractivity contribution < 1.29 is 19.1 Å². The predicted octanol–water partition coefficient (Wildman–Crippen LogP) is 3.96. The lowest BCUT2D eigenvalue weighted by atomic mass is 10.2. The second kappa shape index (κ2) is 9.03. The molecule has 25 heavy (non-hydrogen) atoms. The second-order valence-corrected chi connectivity index (χ2v) is 6.05. The fraction of sp³-hybridized carbons (Fsp3) is 0.158. The highest BCUT2D eigenvalue weighted by Crippen LogP contribution is 2.20. The number of nitrogens with one attached hydrogen (secondary N) is 1. The summed E-state index contributed by atoms with van der Waals surface area (Å²) in [7, 11) is 1.55. The van der Waals surface area contributed by atoms with Crippen molar-refractivity contribution in [1.82, 2.24) is 0 Å². The molecule has 0 aliphatic heterocycles. The Bertz CT molecular complexity index is 802. The number of halogens is 1. The van der Waals surface area contributed by atoms with Crippen molar-refractivity contribution >= 4 is 39.6 Å². The van der Waals surface area contributed by atoms with Crippen LogP contribution in [0.2, 0.25) is 0 Å². The zero-order chi connectivity index (χ0) is 18.2. The maximum atomic E-state index is 11.8. The zero-order valence-electron chi connectivity index (χ0n) is 13.9. The minimum absolute atomic E-state index is 0.357. The van der Waals surface area contributed by atoms with E-state index in [0.717, 1.165) is 15.6 Å². The molecule has 5 nitrogen and oxygen atoms in total. The maximum absolute atomic E-state index is 11.8. The summed E-state index contributed by atoms with van der Waals surface area (Å²) in [5, 5.41) is 2.68. The molecule has 0 saturated carbocycles. The molecule has 1 N–H and O–H groups in total. The van der Waals surface area contributed by atoms with Crippen molar-refractivity contribution in [2.75, 3.05) is 19.0 Å². The minimum Gasteiger partial charge on any atom is -0.496 e. The van der Waals surface area contributed by atoms with Gasteiger partial charge in [-0.3, -0.25) is 4.79 Å². The number of esters is 1. The Hall–Kier alpha value is -2.60. The number of hydrogen-bond acceptors (Lipinski definition) is 4. The van der Waals surface area contributed by atoms with Crippen molar-refractivity contribution in [1.29, 1.82) is 0 Å². The SMILES string of the molecule is COc1ccccc1C=CC(=O)OCC(=O)Nc1ccc(Br)c(C)c1. The normalized spacial score (nSPS) is 10.5. The van der Waals surface area contributed by atoms with Crippen molar-refractivity contribution in [2.45, 2.75) is 6.92 Å². The Kier molecular flexibility index (Phi) is 6.77. The number of ether oxygens (including phenoxy) is 2. The first-order valence-electron chi connectivity index (χ1n) is 7.53. The lowest BCUT2D eigenvalue weighted by Gasteiger charge is -2.07. The molecule has 0 atom stereocenters. The summed E-state index contributed by atoms with van der Waals surface area (Å²) in [6.07, 6.45) is 2.84. The van der Waals surface area contributed by atoms with Gasteiger partial charge in [0.15, 0.2) is 6.61 Å². The van der Waals surface area contributed by atoms with Crippen LogP contribution in [0.15, 0.2) is 53.0 Å². The van der Waals surface area contributed by atoms with Crippen molar-refractivity contribution in [3.05, 3.63) is 64.1 Å². The molecule has 2 rings (SSSR count). The van der Waals surface area contributed by atoms with E-state index in [9.17, 15) is 9.59 Å². The van der Waals surface area contributed by atoms with Gasteiger partial charge in [-0.25, -0.2) is 4.79 Å². The Morgan fingerprint density at radius 1 is 1.20 bits per heavy atom. The number of carbonyl (C=O) groups is 2. The van der Waals surface area contributed by atoms with Gasteiger partial charge in [0.1, 0.15) is 5.75 Å². The molecule has 0 radical (unpaired) electrons. The third-order valence-corrected chi connectivity index (χ3v) is 4.21. The quantitative estimate of drug-likeness (QED) is 0.585. The summed E-state index contributed by atoms with van der Waals surface area (Å²) in [6.45, 7) is 1.56. The average molecular weight is 404 g/mol. The van der Waals surface area contributed by atoms with E-state index in [1.54, 1.807) is 25.3 Å². The third kappa shape index (κ3) is 5.76. The van der Waals surface area contributed by atoms with Gasteiger partial charge in [-0.2, -0.15) is 0 Å². The lowest BCUT2D eigenvalue weighted by molar-refractivity contribution is -0.142. The number of methoxy groups -OCH3 is 1. The van der Waals surface area contributed by atoms with Crippen LogP contribution in [0.25, 0.3) is 6.08 Å². The molecule has 2 aromatic carbocycles. The number of para-hydroxylation sites is 1. The van der Waals surface area contributed by atoms with E-state index in [2.05, 4.69) is 21.2 Å². The molecule has 0 bridgehead atoms. The van der Waals surface area contributed by atoms with Crippen LogP contribution in [0.1, 0.15) is 11.1 Å². The molecule has 0 heterocycles. The van der Waals surface area contributed by atoms with Crippen LogP contribution < -0.4 is 10.1 Å². The topological polar surface area (TPSA) is 64.6 Å². The smallest absolute Gasteiger partial charge is 0.331 e. The molecule has 0 aliphatic carbocycles. The van der Waals surface area contributed by atoms with E-state index >= 15 is 0 Å². The molecule has 2 aromatic rings. The van der Waals surface area contributed by atoms with E-state index in [0.29, 0.717) is 11.4 Å². The van der Waals surface area contributed by atoms with Crippen LogP contribution in [0.3, 0.4) is 0 Å². The van der Waals surface area contributed by atoms with Gasteiger partial charge in [0.25, 0.3) is 5.91 Å². The van der Waals surface area contributed by atoms with E-state index in [-0.39, 0.29) is 6.61 Å². The molecule has 1 amide bonds. The van der Waals surface area contributed by atoms with Crippen LogP contribution >= 0.6 is 15.9 Å². The monoisotopic (exact) mass is 403 g/mol. The molecular weight excluding hydrogens is 386 g/mol. The van der Waals surface area contributed by atoms with Crippen LogP contribution in [0.5, 0.6) is 5.75 Å². The summed E-state index contributed by atoms with van der Waals surface area (Å²) in [6, 6.07) is 12.7. The second-order valence-electron chi connectivity index (χ2n) is 5.20. The van der Waals surface area contributed by atoms with Gasteiger partial charge < -0.3 is 14.8 Å². The van der Waals surface area contributed by atoms with Crippen molar-refractivity contribution in [2.24, 2.45) is 0 Å². The Morgan fingerprint density at radius 2 is 1.96 bits per heavy atom. The van der Waals surface area contributed by atoms with E-state index < -0.39 is 11.9 Å². The summed E-state index contributed by atoms with van der Waals surface area (Å²) < 4.78 is 11.1. The highest BCUT2D eigenvalue weighted by molar-refractivity contribution is 9.10. The van der Waals surface area contributed by atoms with E-state index in [1.165, 1.54) is 6.08 Å². The highest BCUT2D eigenvalue weighted by atomic mass is 79.9. The summed E-state index contributed by atoms with van der Waals surface area (Å²) >= 11 is 3.39. The first-order valence-corrected chi connectivity index (χ1v) is 8.33. The number of hydrogen-bond donors (Lipinski definition) is 1. The van der Waals surface area contributed by atoms with Gasteiger partial charge in [0.2, 0.25) is 0 Å².